The van der Waals surface area contributed by atoms with Crippen LogP contribution < -0.4 is 5.32 Å². The first-order valence-electron chi connectivity index (χ1n) is 4.00. The summed E-state index contributed by atoms with van der Waals surface area (Å²) in [4.78, 5) is 10.7. The molecule has 1 rings (SSSR count). The molecule has 0 aliphatic rings. The van der Waals surface area contributed by atoms with Crippen LogP contribution in [-0.4, -0.2) is 16.6 Å². The Bertz CT molecular complexity index is 314. The van der Waals surface area contributed by atoms with E-state index in [2.05, 4.69) is 5.32 Å². The number of hydrogen-bond donors (Lipinski definition) is 2. The second-order valence-corrected chi connectivity index (χ2v) is 3.47. The lowest BCUT2D eigenvalue weighted by atomic mass is 10.1. The predicted molar refractivity (Wildman–Crippen MR) is 48.8 cm³/mol. The van der Waals surface area contributed by atoms with E-state index in [0.717, 1.165) is 5.76 Å². The molecule has 0 aliphatic heterocycles. The van der Waals surface area contributed by atoms with E-state index in [9.17, 15) is 4.79 Å². The fourth-order valence-corrected chi connectivity index (χ4v) is 0.863. The van der Waals surface area contributed by atoms with Crippen molar-refractivity contribution in [3.8, 4) is 0 Å². The van der Waals surface area contributed by atoms with E-state index in [1.807, 2.05) is 0 Å². The maximum atomic E-state index is 10.7. The Morgan fingerprint density at radius 3 is 2.54 bits per heavy atom. The van der Waals surface area contributed by atoms with Crippen LogP contribution in [0.3, 0.4) is 0 Å². The fourth-order valence-electron chi connectivity index (χ4n) is 0.863. The van der Waals surface area contributed by atoms with E-state index in [0.29, 0.717) is 5.88 Å². The molecule has 13 heavy (non-hydrogen) atoms. The molecular weight excluding hydrogens is 170 g/mol. The third-order valence-corrected chi connectivity index (χ3v) is 1.71. The molecule has 0 amide bonds. The van der Waals surface area contributed by atoms with Gasteiger partial charge in [-0.1, -0.05) is 0 Å². The lowest BCUT2D eigenvalue weighted by molar-refractivity contribution is -0.141. The van der Waals surface area contributed by atoms with Crippen molar-refractivity contribution in [3.63, 3.8) is 0 Å². The van der Waals surface area contributed by atoms with Gasteiger partial charge in [-0.05, 0) is 26.8 Å². The van der Waals surface area contributed by atoms with Crippen molar-refractivity contribution in [2.75, 3.05) is 5.32 Å². The second kappa shape index (κ2) is 3.12. The molecule has 0 spiro atoms. The Labute approximate surface area is 76.6 Å². The van der Waals surface area contributed by atoms with Gasteiger partial charge in [0.25, 0.3) is 0 Å². The maximum Gasteiger partial charge on any atom is 0.328 e. The quantitative estimate of drug-likeness (QED) is 0.750. The van der Waals surface area contributed by atoms with Gasteiger partial charge in [-0.3, -0.25) is 0 Å². The Balaban J connectivity index is 2.74. The third kappa shape index (κ3) is 2.24. The van der Waals surface area contributed by atoms with Gasteiger partial charge in [0.15, 0.2) is 5.88 Å². The van der Waals surface area contributed by atoms with E-state index in [1.165, 1.54) is 0 Å². The summed E-state index contributed by atoms with van der Waals surface area (Å²) in [6.45, 7) is 4.96. The van der Waals surface area contributed by atoms with Crippen LogP contribution in [0.2, 0.25) is 0 Å². The van der Waals surface area contributed by atoms with Crippen LogP contribution in [0.25, 0.3) is 0 Å². The Hall–Kier alpha value is -1.45. The fraction of sp³-hybridized carbons (Fsp3) is 0.444. The van der Waals surface area contributed by atoms with Crippen LogP contribution in [0.5, 0.6) is 0 Å². The molecule has 0 fully saturated rings. The molecule has 4 nitrogen and oxygen atoms in total. The topological polar surface area (TPSA) is 62.5 Å². The summed E-state index contributed by atoms with van der Waals surface area (Å²) >= 11 is 0. The van der Waals surface area contributed by atoms with Crippen LogP contribution in [-0.2, 0) is 4.79 Å². The number of carbonyl (C=O) groups is 1. The maximum absolute atomic E-state index is 10.7. The molecule has 1 aromatic rings. The SMILES string of the molecule is Cc1ccc(NC(C)(C)C(=O)O)o1. The minimum Gasteiger partial charge on any atom is -0.480 e. The Kier molecular flexibility index (Phi) is 2.32. The molecule has 0 aliphatic carbocycles. The number of hydrogen-bond acceptors (Lipinski definition) is 3. The molecule has 0 saturated heterocycles. The first kappa shape index (κ1) is 9.64. The highest BCUT2D eigenvalue weighted by Gasteiger charge is 2.27. The molecule has 0 aromatic carbocycles. The largest absolute Gasteiger partial charge is 0.480 e. The number of aryl methyl sites for hydroxylation is 1. The van der Waals surface area contributed by atoms with Gasteiger partial charge in [0.2, 0.25) is 0 Å². The van der Waals surface area contributed by atoms with Crippen molar-refractivity contribution in [1.82, 2.24) is 0 Å². The van der Waals surface area contributed by atoms with Crippen LogP contribution in [0.4, 0.5) is 5.88 Å². The van der Waals surface area contributed by atoms with Gasteiger partial charge >= 0.3 is 5.97 Å². The Morgan fingerprint density at radius 2 is 2.15 bits per heavy atom. The molecule has 0 radical (unpaired) electrons. The number of carboxylic acids is 1. The number of anilines is 1. The third-order valence-electron chi connectivity index (χ3n) is 1.71. The molecular formula is C9H13NO3. The van der Waals surface area contributed by atoms with Crippen molar-refractivity contribution < 1.29 is 14.3 Å². The summed E-state index contributed by atoms with van der Waals surface area (Å²) in [5, 5.41) is 11.6. The van der Waals surface area contributed by atoms with Crippen molar-refractivity contribution in [1.29, 1.82) is 0 Å². The van der Waals surface area contributed by atoms with Crippen molar-refractivity contribution in [2.45, 2.75) is 26.3 Å². The zero-order chi connectivity index (χ0) is 10.1. The van der Waals surface area contributed by atoms with Gasteiger partial charge in [-0.15, -0.1) is 0 Å². The van der Waals surface area contributed by atoms with Gasteiger partial charge in [0.05, 0.1) is 0 Å². The summed E-state index contributed by atoms with van der Waals surface area (Å²) in [6.07, 6.45) is 0. The van der Waals surface area contributed by atoms with Crippen molar-refractivity contribution in [2.24, 2.45) is 0 Å². The smallest absolute Gasteiger partial charge is 0.328 e. The predicted octanol–water partition coefficient (Wildman–Crippen LogP) is 1.86. The molecule has 2 N–H and O–H groups in total. The summed E-state index contributed by atoms with van der Waals surface area (Å²) < 4.78 is 5.20. The standard InChI is InChI=1S/C9H13NO3/c1-6-4-5-7(13-6)10-9(2,3)8(11)12/h4-5,10H,1-3H3,(H,11,12). The minimum absolute atomic E-state index is 0.477. The second-order valence-electron chi connectivity index (χ2n) is 3.47. The monoisotopic (exact) mass is 183 g/mol. The van der Waals surface area contributed by atoms with Crippen LogP contribution in [0, 0.1) is 6.92 Å². The molecule has 0 bridgehead atoms. The average Bonchev–Trinajstić information content (AvgIpc) is 2.34. The molecule has 4 heteroatoms. The van der Waals surface area contributed by atoms with Crippen LogP contribution in [0.15, 0.2) is 16.5 Å². The number of furan rings is 1. The highest BCUT2D eigenvalue weighted by atomic mass is 16.4. The molecule has 1 heterocycles. The summed E-state index contributed by atoms with van der Waals surface area (Å²) in [5.41, 5.74) is -1.01. The molecule has 72 valence electrons. The van der Waals surface area contributed by atoms with Gasteiger partial charge in [0, 0.05) is 6.07 Å². The normalized spacial score (nSPS) is 11.3. The summed E-state index contributed by atoms with van der Waals surface area (Å²) in [5.74, 6) is 0.315. The van der Waals surface area contributed by atoms with Crippen molar-refractivity contribution in [3.05, 3.63) is 17.9 Å². The lowest BCUT2D eigenvalue weighted by Gasteiger charge is -2.20. The van der Waals surface area contributed by atoms with Gasteiger partial charge < -0.3 is 14.8 Å². The highest BCUT2D eigenvalue weighted by molar-refractivity contribution is 5.81. The summed E-state index contributed by atoms with van der Waals surface area (Å²) in [7, 11) is 0. The number of aliphatic carboxylic acids is 1. The first-order chi connectivity index (χ1) is 5.92. The zero-order valence-corrected chi connectivity index (χ0v) is 7.92. The number of nitrogens with one attached hydrogen (secondary N) is 1. The zero-order valence-electron chi connectivity index (χ0n) is 7.92. The van der Waals surface area contributed by atoms with Crippen molar-refractivity contribution >= 4 is 11.9 Å². The number of rotatable bonds is 3. The molecule has 0 unspecified atom stereocenters. The van der Waals surface area contributed by atoms with Crippen LogP contribution in [0.1, 0.15) is 19.6 Å². The average molecular weight is 183 g/mol. The number of carboxylic acid groups (broad SMARTS) is 1. The minimum atomic E-state index is -1.01. The molecule has 0 saturated carbocycles. The van der Waals surface area contributed by atoms with E-state index in [-0.39, 0.29) is 0 Å². The molecule has 1 aromatic heterocycles. The highest BCUT2D eigenvalue weighted by Crippen LogP contribution is 2.17. The van der Waals surface area contributed by atoms with Crippen LogP contribution >= 0.6 is 0 Å². The van der Waals surface area contributed by atoms with E-state index < -0.39 is 11.5 Å². The van der Waals surface area contributed by atoms with Gasteiger partial charge in [-0.25, -0.2) is 4.79 Å². The molecule has 0 atom stereocenters. The Morgan fingerprint density at radius 1 is 1.54 bits per heavy atom. The van der Waals surface area contributed by atoms with E-state index >= 15 is 0 Å². The van der Waals surface area contributed by atoms with Gasteiger partial charge in [0.1, 0.15) is 11.3 Å². The first-order valence-corrected chi connectivity index (χ1v) is 4.00. The van der Waals surface area contributed by atoms with E-state index in [1.54, 1.807) is 32.9 Å². The lowest BCUT2D eigenvalue weighted by Crippen LogP contribution is -2.39. The summed E-state index contributed by atoms with van der Waals surface area (Å²) in [6, 6.07) is 3.49. The van der Waals surface area contributed by atoms with E-state index in [4.69, 9.17) is 9.52 Å². The van der Waals surface area contributed by atoms with Gasteiger partial charge in [-0.2, -0.15) is 0 Å².